The molecule has 3 N–H and O–H groups in total. The molecule has 0 radical (unpaired) electrons. The van der Waals surface area contributed by atoms with Gasteiger partial charge < -0.3 is 11.1 Å². The molecule has 0 aromatic heterocycles. The number of amides is 1. The van der Waals surface area contributed by atoms with Crippen LogP contribution in [0.2, 0.25) is 0 Å². The van der Waals surface area contributed by atoms with Gasteiger partial charge in [0.15, 0.2) is 0 Å². The molecule has 24 heavy (non-hydrogen) atoms. The second-order valence-corrected chi connectivity index (χ2v) is 5.93. The molecule has 2 atom stereocenters. The normalized spacial score (nSPS) is 20.4. The van der Waals surface area contributed by atoms with Gasteiger partial charge in [0.05, 0.1) is 6.54 Å². The number of likely N-dealkylation sites (tertiary alicyclic amines) is 1. The van der Waals surface area contributed by atoms with E-state index in [1.165, 1.54) is 17.7 Å². The van der Waals surface area contributed by atoms with Gasteiger partial charge in [-0.3, -0.25) is 9.69 Å². The van der Waals surface area contributed by atoms with Gasteiger partial charge in [-0.25, -0.2) is 4.39 Å². The molecule has 1 amide bonds. The Bertz CT molecular complexity index is 683. The Morgan fingerprint density at radius 2 is 1.92 bits per heavy atom. The van der Waals surface area contributed by atoms with Crippen molar-refractivity contribution in [3.63, 3.8) is 0 Å². The minimum Gasteiger partial charge on any atom is -0.326 e. The standard InChI is InChI=1S/C18H20FN3O.ClH/c19-14-7-4-8-15(9-14)21-18(23)12-22-10-16(17(20)11-22)13-5-2-1-3-6-13;/h1-9,16-17H,10-12,20H2,(H,21,23);1H/t16-,17+;/m0./s1. The van der Waals surface area contributed by atoms with Crippen LogP contribution in [-0.4, -0.2) is 36.5 Å². The SMILES string of the molecule is Cl.N[C@@H]1CN(CC(=O)Nc2cccc(F)c2)C[C@H]1c1ccccc1. The van der Waals surface area contributed by atoms with E-state index in [0.29, 0.717) is 12.2 Å². The summed E-state index contributed by atoms with van der Waals surface area (Å²) in [4.78, 5) is 14.2. The zero-order valence-electron chi connectivity index (χ0n) is 13.2. The van der Waals surface area contributed by atoms with Gasteiger partial charge >= 0.3 is 0 Å². The highest BCUT2D eigenvalue weighted by molar-refractivity contribution is 5.92. The van der Waals surface area contributed by atoms with Crippen LogP contribution in [0.3, 0.4) is 0 Å². The largest absolute Gasteiger partial charge is 0.326 e. The Hall–Kier alpha value is -1.95. The van der Waals surface area contributed by atoms with E-state index in [4.69, 9.17) is 5.73 Å². The first kappa shape index (κ1) is 18.4. The smallest absolute Gasteiger partial charge is 0.238 e. The molecule has 0 saturated carbocycles. The van der Waals surface area contributed by atoms with Crippen LogP contribution in [0.4, 0.5) is 10.1 Å². The van der Waals surface area contributed by atoms with Crippen LogP contribution in [0, 0.1) is 5.82 Å². The number of hydrogen-bond donors (Lipinski definition) is 2. The second kappa shape index (κ2) is 8.24. The summed E-state index contributed by atoms with van der Waals surface area (Å²) in [7, 11) is 0. The molecular formula is C18H21ClFN3O. The molecular weight excluding hydrogens is 329 g/mol. The highest BCUT2D eigenvalue weighted by Crippen LogP contribution is 2.26. The van der Waals surface area contributed by atoms with Crippen molar-refractivity contribution >= 4 is 24.0 Å². The molecule has 2 aromatic carbocycles. The van der Waals surface area contributed by atoms with Crippen LogP contribution in [-0.2, 0) is 4.79 Å². The van der Waals surface area contributed by atoms with Crippen LogP contribution < -0.4 is 11.1 Å². The molecule has 4 nitrogen and oxygen atoms in total. The number of nitrogens with zero attached hydrogens (tertiary/aromatic N) is 1. The Balaban J connectivity index is 0.00000208. The third-order valence-electron chi connectivity index (χ3n) is 4.14. The summed E-state index contributed by atoms with van der Waals surface area (Å²) in [6.07, 6.45) is 0. The Kier molecular flexibility index (Phi) is 6.31. The molecule has 1 fully saturated rings. The predicted molar refractivity (Wildman–Crippen MR) is 95.9 cm³/mol. The van der Waals surface area contributed by atoms with Crippen LogP contribution in [0.1, 0.15) is 11.5 Å². The van der Waals surface area contributed by atoms with E-state index in [1.807, 2.05) is 23.1 Å². The predicted octanol–water partition coefficient (Wildman–Crippen LogP) is 2.61. The zero-order valence-corrected chi connectivity index (χ0v) is 14.0. The summed E-state index contributed by atoms with van der Waals surface area (Å²) in [5, 5.41) is 2.72. The molecule has 6 heteroatoms. The first-order valence-electron chi connectivity index (χ1n) is 7.70. The van der Waals surface area contributed by atoms with Crippen molar-refractivity contribution in [3.05, 3.63) is 66.0 Å². The molecule has 0 bridgehead atoms. The number of rotatable bonds is 4. The van der Waals surface area contributed by atoms with Crippen LogP contribution in [0.25, 0.3) is 0 Å². The van der Waals surface area contributed by atoms with E-state index in [2.05, 4.69) is 17.4 Å². The summed E-state index contributed by atoms with van der Waals surface area (Å²) in [5.74, 6) is -0.287. The number of hydrogen-bond acceptors (Lipinski definition) is 3. The molecule has 0 aliphatic carbocycles. The first-order chi connectivity index (χ1) is 11.1. The van der Waals surface area contributed by atoms with E-state index < -0.39 is 0 Å². The first-order valence-corrected chi connectivity index (χ1v) is 7.70. The summed E-state index contributed by atoms with van der Waals surface area (Å²) in [5.41, 5.74) is 7.90. The molecule has 1 heterocycles. The quantitative estimate of drug-likeness (QED) is 0.892. The lowest BCUT2D eigenvalue weighted by Gasteiger charge is -2.16. The fourth-order valence-corrected chi connectivity index (χ4v) is 3.07. The molecule has 1 saturated heterocycles. The number of nitrogens with one attached hydrogen (secondary N) is 1. The zero-order chi connectivity index (χ0) is 16.2. The van der Waals surface area contributed by atoms with E-state index >= 15 is 0 Å². The van der Waals surface area contributed by atoms with Crippen molar-refractivity contribution in [2.24, 2.45) is 5.73 Å². The van der Waals surface area contributed by atoms with Gasteiger partial charge in [-0.05, 0) is 23.8 Å². The van der Waals surface area contributed by atoms with Crippen molar-refractivity contribution < 1.29 is 9.18 Å². The summed E-state index contributed by atoms with van der Waals surface area (Å²) >= 11 is 0. The number of anilines is 1. The molecule has 0 unspecified atom stereocenters. The maximum absolute atomic E-state index is 13.1. The average molecular weight is 350 g/mol. The molecule has 1 aliphatic rings. The van der Waals surface area contributed by atoms with Gasteiger partial charge in [0.1, 0.15) is 5.82 Å². The summed E-state index contributed by atoms with van der Waals surface area (Å²) < 4.78 is 13.1. The Labute approximate surface area is 147 Å². The monoisotopic (exact) mass is 349 g/mol. The van der Waals surface area contributed by atoms with Gasteiger partial charge in [-0.15, -0.1) is 12.4 Å². The van der Waals surface area contributed by atoms with E-state index in [-0.39, 0.29) is 42.6 Å². The summed E-state index contributed by atoms with van der Waals surface area (Å²) in [6.45, 7) is 1.69. The molecule has 3 rings (SSSR count). The highest BCUT2D eigenvalue weighted by atomic mass is 35.5. The van der Waals surface area contributed by atoms with E-state index in [9.17, 15) is 9.18 Å². The van der Waals surface area contributed by atoms with Crippen molar-refractivity contribution in [2.75, 3.05) is 25.0 Å². The van der Waals surface area contributed by atoms with Gasteiger partial charge in [0.2, 0.25) is 5.91 Å². The summed E-state index contributed by atoms with van der Waals surface area (Å²) in [6, 6.07) is 16.0. The molecule has 0 spiro atoms. The van der Waals surface area contributed by atoms with Crippen LogP contribution in [0.15, 0.2) is 54.6 Å². The fourth-order valence-electron chi connectivity index (χ4n) is 3.07. The highest BCUT2D eigenvalue weighted by Gasteiger charge is 2.31. The van der Waals surface area contributed by atoms with Gasteiger partial charge in [0.25, 0.3) is 0 Å². The number of carbonyl (C=O) groups is 1. The third kappa shape index (κ3) is 4.54. The minimum absolute atomic E-state index is 0. The van der Waals surface area contributed by atoms with Crippen molar-refractivity contribution in [1.29, 1.82) is 0 Å². The topological polar surface area (TPSA) is 58.4 Å². The maximum Gasteiger partial charge on any atom is 0.238 e. The van der Waals surface area contributed by atoms with Gasteiger partial charge in [-0.1, -0.05) is 36.4 Å². The molecule has 2 aromatic rings. The maximum atomic E-state index is 13.1. The Morgan fingerprint density at radius 1 is 1.17 bits per heavy atom. The van der Waals surface area contributed by atoms with Crippen molar-refractivity contribution in [2.45, 2.75) is 12.0 Å². The number of carbonyl (C=O) groups excluding carboxylic acids is 1. The Morgan fingerprint density at radius 3 is 2.62 bits per heavy atom. The number of nitrogens with two attached hydrogens (primary N) is 1. The average Bonchev–Trinajstić information content (AvgIpc) is 2.88. The lowest BCUT2D eigenvalue weighted by atomic mass is 9.95. The second-order valence-electron chi connectivity index (χ2n) is 5.93. The minimum atomic E-state index is -0.366. The lowest BCUT2D eigenvalue weighted by molar-refractivity contribution is -0.117. The van der Waals surface area contributed by atoms with Crippen LogP contribution in [0.5, 0.6) is 0 Å². The van der Waals surface area contributed by atoms with Crippen molar-refractivity contribution in [1.82, 2.24) is 4.90 Å². The van der Waals surface area contributed by atoms with E-state index in [0.717, 1.165) is 6.54 Å². The molecule has 128 valence electrons. The fraction of sp³-hybridized carbons (Fsp3) is 0.278. The van der Waals surface area contributed by atoms with Gasteiger partial charge in [0, 0.05) is 30.7 Å². The molecule has 1 aliphatic heterocycles. The number of halogens is 2. The lowest BCUT2D eigenvalue weighted by Crippen LogP contribution is -2.33. The van der Waals surface area contributed by atoms with E-state index in [1.54, 1.807) is 12.1 Å². The third-order valence-corrected chi connectivity index (χ3v) is 4.14. The number of benzene rings is 2. The van der Waals surface area contributed by atoms with Gasteiger partial charge in [-0.2, -0.15) is 0 Å². The van der Waals surface area contributed by atoms with Crippen LogP contribution >= 0.6 is 12.4 Å². The van der Waals surface area contributed by atoms with Crippen molar-refractivity contribution in [3.8, 4) is 0 Å².